The Hall–Kier alpha value is -2.34. The second kappa shape index (κ2) is 9.85. The van der Waals surface area contributed by atoms with E-state index < -0.39 is 23.5 Å². The Morgan fingerprint density at radius 2 is 1.81 bits per heavy atom. The Bertz CT molecular complexity index is 1060. The molecule has 4 aliphatic rings. The van der Waals surface area contributed by atoms with E-state index in [-0.39, 0.29) is 40.8 Å². The number of carbonyl (C=O) groups is 2. The number of hydrogen-bond donors (Lipinski definition) is 1. The molecule has 0 heterocycles. The molecule has 1 aromatic rings. The number of ketones is 2. The predicted octanol–water partition coefficient (Wildman–Crippen LogP) is 6.14. The number of aliphatic hydroxyl groups excluding tert-OH is 1. The van der Waals surface area contributed by atoms with Gasteiger partial charge in [0.2, 0.25) is 0 Å². The molecule has 3 fully saturated rings. The molecule has 1 N–H and O–H groups in total. The van der Waals surface area contributed by atoms with E-state index in [9.17, 15) is 23.5 Å². The van der Waals surface area contributed by atoms with Gasteiger partial charge in [-0.2, -0.15) is 0 Å². The molecule has 196 valence electrons. The third-order valence-electron chi connectivity index (χ3n) is 9.78. The van der Waals surface area contributed by atoms with Crippen molar-refractivity contribution >= 4 is 11.6 Å². The summed E-state index contributed by atoms with van der Waals surface area (Å²) in [6, 6.07) is 2.39. The van der Waals surface area contributed by atoms with E-state index in [2.05, 4.69) is 27.0 Å². The fourth-order valence-corrected chi connectivity index (χ4v) is 8.28. The van der Waals surface area contributed by atoms with E-state index >= 15 is 0 Å². The number of ether oxygens (including phenoxy) is 1. The Labute approximate surface area is 212 Å². The van der Waals surface area contributed by atoms with Crippen molar-refractivity contribution in [2.45, 2.75) is 71.8 Å². The third-order valence-corrected chi connectivity index (χ3v) is 9.78. The molecule has 5 rings (SSSR count). The Morgan fingerprint density at radius 1 is 1.14 bits per heavy atom. The zero-order valence-corrected chi connectivity index (χ0v) is 21.6. The number of aliphatic hydroxyl groups is 1. The van der Waals surface area contributed by atoms with Crippen LogP contribution >= 0.6 is 0 Å². The fraction of sp³-hybridized carbons (Fsp3) is 0.600. The minimum atomic E-state index is -0.804. The van der Waals surface area contributed by atoms with Crippen LogP contribution in [-0.2, 0) is 9.59 Å². The highest BCUT2D eigenvalue weighted by molar-refractivity contribution is 5.91. The summed E-state index contributed by atoms with van der Waals surface area (Å²) in [4.78, 5) is 25.3. The standard InChI is InChI=1S/C28H34F2O4.C2H4/c1-15-10-21(29)26(22(30)11-15)34-14-24(33)20-7-6-19-18-5-4-16-12-17(31)8-9-27(16,2)25(18)23(32)13-28(19,20)3;1-2/h10-12,18-20,23,25,32H,4-9,13-14H2,1-3H3;1-2H2. The van der Waals surface area contributed by atoms with Gasteiger partial charge in [-0.05, 0) is 97.8 Å². The van der Waals surface area contributed by atoms with Gasteiger partial charge in [0.15, 0.2) is 29.0 Å². The summed E-state index contributed by atoms with van der Waals surface area (Å²) in [6.45, 7) is 11.5. The lowest BCUT2D eigenvalue weighted by Gasteiger charge is -2.59. The van der Waals surface area contributed by atoms with Crippen molar-refractivity contribution in [2.75, 3.05) is 6.61 Å². The number of rotatable bonds is 4. The van der Waals surface area contributed by atoms with Crippen LogP contribution in [0.15, 0.2) is 36.9 Å². The van der Waals surface area contributed by atoms with Gasteiger partial charge in [-0.15, -0.1) is 13.2 Å². The van der Waals surface area contributed by atoms with Crippen LogP contribution in [0.5, 0.6) is 5.75 Å². The van der Waals surface area contributed by atoms with Crippen LogP contribution in [-0.4, -0.2) is 29.4 Å². The summed E-state index contributed by atoms with van der Waals surface area (Å²) in [7, 11) is 0. The minimum Gasteiger partial charge on any atom is -0.480 e. The first kappa shape index (κ1) is 26.7. The highest BCUT2D eigenvalue weighted by Crippen LogP contribution is 2.66. The molecule has 4 aliphatic carbocycles. The van der Waals surface area contributed by atoms with E-state index in [1.54, 1.807) is 6.92 Å². The molecule has 0 amide bonds. The number of halogens is 2. The maximum Gasteiger partial charge on any atom is 0.191 e. The predicted molar refractivity (Wildman–Crippen MR) is 134 cm³/mol. The topological polar surface area (TPSA) is 63.6 Å². The molecule has 36 heavy (non-hydrogen) atoms. The first-order valence-corrected chi connectivity index (χ1v) is 13.1. The summed E-state index contributed by atoms with van der Waals surface area (Å²) >= 11 is 0. The van der Waals surface area contributed by atoms with Crippen LogP contribution in [0.4, 0.5) is 8.78 Å². The molecule has 4 nitrogen and oxygen atoms in total. The van der Waals surface area contributed by atoms with Crippen LogP contribution in [0, 0.1) is 53.1 Å². The summed E-state index contributed by atoms with van der Waals surface area (Å²) in [6.07, 6.45) is 6.52. The van der Waals surface area contributed by atoms with Crippen LogP contribution in [0.2, 0.25) is 0 Å². The molecule has 1 aromatic carbocycles. The van der Waals surface area contributed by atoms with Gasteiger partial charge in [0.05, 0.1) is 6.10 Å². The van der Waals surface area contributed by atoms with Crippen molar-refractivity contribution in [1.82, 2.24) is 0 Å². The molecule has 7 unspecified atom stereocenters. The van der Waals surface area contributed by atoms with E-state index in [0.29, 0.717) is 36.7 Å². The lowest BCUT2D eigenvalue weighted by molar-refractivity contribution is -0.146. The molecule has 0 aromatic heterocycles. The van der Waals surface area contributed by atoms with Crippen LogP contribution < -0.4 is 4.74 Å². The number of hydrogen-bond acceptors (Lipinski definition) is 4. The Balaban J connectivity index is 0.00000148. The zero-order chi connectivity index (χ0) is 26.4. The van der Waals surface area contributed by atoms with Gasteiger partial charge in [0.1, 0.15) is 6.61 Å². The second-order valence-electron chi connectivity index (χ2n) is 11.6. The third kappa shape index (κ3) is 4.25. The van der Waals surface area contributed by atoms with Gasteiger partial charge in [-0.25, -0.2) is 8.78 Å². The largest absolute Gasteiger partial charge is 0.480 e. The summed E-state index contributed by atoms with van der Waals surface area (Å²) in [5, 5.41) is 11.4. The Kier molecular flexibility index (Phi) is 7.31. The van der Waals surface area contributed by atoms with Crippen LogP contribution in [0.1, 0.15) is 64.4 Å². The first-order valence-electron chi connectivity index (χ1n) is 13.1. The molecule has 7 atom stereocenters. The number of carbonyl (C=O) groups excluding carboxylic acids is 2. The SMILES string of the molecule is C=C.Cc1cc(F)c(OCC(=O)C2CCC3C4CCC5=CC(=O)CCC5(C)C4C(O)CC23C)c(F)c1. The fourth-order valence-electron chi connectivity index (χ4n) is 8.28. The molecular formula is C30H38F2O4. The summed E-state index contributed by atoms with van der Waals surface area (Å²) < 4.78 is 33.7. The van der Waals surface area contributed by atoms with Crippen LogP contribution in [0.25, 0.3) is 0 Å². The van der Waals surface area contributed by atoms with Crippen molar-refractivity contribution in [2.24, 2.45) is 34.5 Å². The zero-order valence-electron chi connectivity index (χ0n) is 21.6. The lowest BCUT2D eigenvalue weighted by Crippen LogP contribution is -2.57. The quantitative estimate of drug-likeness (QED) is 0.504. The van der Waals surface area contributed by atoms with Crippen LogP contribution in [0.3, 0.4) is 0 Å². The maximum atomic E-state index is 14.2. The summed E-state index contributed by atoms with van der Waals surface area (Å²) in [5.74, 6) is -1.68. The van der Waals surface area contributed by atoms with Gasteiger partial charge < -0.3 is 9.84 Å². The van der Waals surface area contributed by atoms with Gasteiger partial charge in [-0.3, -0.25) is 9.59 Å². The van der Waals surface area contributed by atoms with Crippen molar-refractivity contribution in [3.05, 3.63) is 54.1 Å². The van der Waals surface area contributed by atoms with Crippen molar-refractivity contribution in [1.29, 1.82) is 0 Å². The highest BCUT2D eigenvalue weighted by atomic mass is 19.1. The number of aryl methyl sites for hydroxylation is 1. The summed E-state index contributed by atoms with van der Waals surface area (Å²) in [5.41, 5.74) is 1.11. The minimum absolute atomic E-state index is 0.0968. The number of benzene rings is 1. The highest BCUT2D eigenvalue weighted by Gasteiger charge is 2.62. The number of allylic oxidation sites excluding steroid dienone is 1. The number of fused-ring (bicyclic) bond motifs is 5. The maximum absolute atomic E-state index is 14.2. The lowest BCUT2D eigenvalue weighted by atomic mass is 9.46. The Morgan fingerprint density at radius 3 is 2.47 bits per heavy atom. The molecule has 0 bridgehead atoms. The average Bonchev–Trinajstić information content (AvgIpc) is 3.16. The molecular weight excluding hydrogens is 462 g/mol. The van der Waals surface area contributed by atoms with Gasteiger partial charge in [0.25, 0.3) is 0 Å². The molecule has 3 saturated carbocycles. The van der Waals surface area contributed by atoms with Crippen molar-refractivity contribution in [3.8, 4) is 5.75 Å². The molecule has 0 radical (unpaired) electrons. The van der Waals surface area contributed by atoms with Crippen molar-refractivity contribution in [3.63, 3.8) is 0 Å². The van der Waals surface area contributed by atoms with Gasteiger partial charge in [0, 0.05) is 12.3 Å². The number of Topliss-reactive ketones (excluding diaryl/α,β-unsaturated/α-hetero) is 1. The van der Waals surface area contributed by atoms with Gasteiger partial charge >= 0.3 is 0 Å². The molecule has 6 heteroatoms. The second-order valence-corrected chi connectivity index (χ2v) is 11.6. The van der Waals surface area contributed by atoms with E-state index in [1.165, 1.54) is 17.7 Å². The van der Waals surface area contributed by atoms with E-state index in [1.807, 2.05) is 6.08 Å². The van der Waals surface area contributed by atoms with Crippen molar-refractivity contribution < 1.29 is 28.2 Å². The normalized spacial score (nSPS) is 37.0. The van der Waals surface area contributed by atoms with Gasteiger partial charge in [-0.1, -0.05) is 19.4 Å². The first-order chi connectivity index (χ1) is 17.0. The molecule has 0 spiro atoms. The monoisotopic (exact) mass is 500 g/mol. The van der Waals surface area contributed by atoms with E-state index in [0.717, 1.165) is 25.7 Å². The van der Waals surface area contributed by atoms with E-state index in [4.69, 9.17) is 4.74 Å². The molecule has 0 aliphatic heterocycles. The average molecular weight is 501 g/mol. The smallest absolute Gasteiger partial charge is 0.191 e. The molecule has 0 saturated heterocycles.